The highest BCUT2D eigenvalue weighted by Gasteiger charge is 2.25. The highest BCUT2D eigenvalue weighted by atomic mass is 127. The Morgan fingerprint density at radius 1 is 1.00 bits per heavy atom. The SMILES string of the molecule is CC(C)C(CN=C(N(C)C)N(C)C)N1CCN(C)CC1.I. The Labute approximate surface area is 148 Å². The third-order valence-corrected chi connectivity index (χ3v) is 4.00. The zero-order valence-electron chi connectivity index (χ0n) is 14.8. The van der Waals surface area contributed by atoms with Crippen LogP contribution in [-0.4, -0.2) is 99.6 Å². The van der Waals surface area contributed by atoms with Crippen molar-refractivity contribution in [3.05, 3.63) is 0 Å². The molecule has 1 aliphatic rings. The van der Waals surface area contributed by atoms with Crippen LogP contribution in [0.25, 0.3) is 0 Å². The smallest absolute Gasteiger partial charge is 0.195 e. The minimum atomic E-state index is 0. The molecule has 1 unspecified atom stereocenters. The van der Waals surface area contributed by atoms with Gasteiger partial charge < -0.3 is 14.7 Å². The van der Waals surface area contributed by atoms with Crippen molar-refractivity contribution in [1.82, 2.24) is 19.6 Å². The average Bonchev–Trinajstić information content (AvgIpc) is 2.34. The summed E-state index contributed by atoms with van der Waals surface area (Å²) in [5.41, 5.74) is 0. The molecule has 5 nitrogen and oxygen atoms in total. The molecule has 21 heavy (non-hydrogen) atoms. The quantitative estimate of drug-likeness (QED) is 0.396. The van der Waals surface area contributed by atoms with E-state index in [0.717, 1.165) is 25.6 Å². The van der Waals surface area contributed by atoms with Crippen LogP contribution in [0.5, 0.6) is 0 Å². The van der Waals surface area contributed by atoms with E-state index in [4.69, 9.17) is 4.99 Å². The molecule has 0 N–H and O–H groups in total. The molecule has 1 rings (SSSR count). The number of rotatable bonds is 4. The molecule has 0 aromatic heterocycles. The predicted molar refractivity (Wildman–Crippen MR) is 103 cm³/mol. The first-order valence-electron chi connectivity index (χ1n) is 7.64. The normalized spacial score (nSPS) is 18.1. The third-order valence-electron chi connectivity index (χ3n) is 4.00. The molecule has 126 valence electrons. The zero-order chi connectivity index (χ0) is 15.3. The maximum absolute atomic E-state index is 4.85. The van der Waals surface area contributed by atoms with Crippen LogP contribution in [0, 0.1) is 5.92 Å². The molecule has 0 spiro atoms. The molecule has 0 aromatic carbocycles. The van der Waals surface area contributed by atoms with Gasteiger partial charge in [-0.25, -0.2) is 0 Å². The van der Waals surface area contributed by atoms with E-state index in [9.17, 15) is 0 Å². The van der Waals surface area contributed by atoms with Gasteiger partial charge in [0.2, 0.25) is 0 Å². The fraction of sp³-hybridized carbons (Fsp3) is 0.933. The van der Waals surface area contributed by atoms with Gasteiger partial charge in [-0.1, -0.05) is 13.8 Å². The highest BCUT2D eigenvalue weighted by Crippen LogP contribution is 2.14. The first-order valence-corrected chi connectivity index (χ1v) is 7.64. The molecule has 1 fully saturated rings. The van der Waals surface area contributed by atoms with Crippen molar-refractivity contribution < 1.29 is 0 Å². The Bertz CT molecular complexity index is 299. The van der Waals surface area contributed by atoms with E-state index < -0.39 is 0 Å². The molecule has 1 aliphatic heterocycles. The van der Waals surface area contributed by atoms with Crippen molar-refractivity contribution in [2.24, 2.45) is 10.9 Å². The zero-order valence-corrected chi connectivity index (χ0v) is 17.2. The summed E-state index contributed by atoms with van der Waals surface area (Å²) >= 11 is 0. The number of likely N-dealkylation sites (N-methyl/N-ethyl adjacent to an activating group) is 1. The van der Waals surface area contributed by atoms with Gasteiger partial charge in [0, 0.05) is 60.4 Å². The Morgan fingerprint density at radius 2 is 1.48 bits per heavy atom. The molecule has 1 atom stereocenters. The molecule has 0 saturated carbocycles. The van der Waals surface area contributed by atoms with Crippen molar-refractivity contribution in [2.75, 3.05) is 68.0 Å². The number of halogens is 1. The van der Waals surface area contributed by atoms with Gasteiger partial charge in [-0.15, -0.1) is 24.0 Å². The van der Waals surface area contributed by atoms with Gasteiger partial charge >= 0.3 is 0 Å². The van der Waals surface area contributed by atoms with Gasteiger partial charge in [0.25, 0.3) is 0 Å². The van der Waals surface area contributed by atoms with Crippen LogP contribution in [-0.2, 0) is 0 Å². The second kappa shape index (κ2) is 9.84. The Kier molecular flexibility index (Phi) is 9.80. The lowest BCUT2D eigenvalue weighted by molar-refractivity contribution is 0.0923. The van der Waals surface area contributed by atoms with Crippen LogP contribution >= 0.6 is 24.0 Å². The summed E-state index contributed by atoms with van der Waals surface area (Å²) < 4.78 is 0. The Morgan fingerprint density at radius 3 is 1.86 bits per heavy atom. The molecule has 0 aromatic rings. The molecule has 1 saturated heterocycles. The summed E-state index contributed by atoms with van der Waals surface area (Å²) in [6.45, 7) is 10.2. The second-order valence-electron chi connectivity index (χ2n) is 6.58. The van der Waals surface area contributed by atoms with E-state index in [2.05, 4.69) is 68.7 Å². The Balaban J connectivity index is 0.00000400. The van der Waals surface area contributed by atoms with E-state index in [-0.39, 0.29) is 24.0 Å². The van der Waals surface area contributed by atoms with Gasteiger partial charge in [0.15, 0.2) is 5.96 Å². The van der Waals surface area contributed by atoms with Gasteiger partial charge in [0.1, 0.15) is 0 Å². The molecular formula is C15H34IN5. The van der Waals surface area contributed by atoms with Crippen molar-refractivity contribution in [2.45, 2.75) is 19.9 Å². The summed E-state index contributed by atoms with van der Waals surface area (Å²) in [6, 6.07) is 0.540. The van der Waals surface area contributed by atoms with Crippen molar-refractivity contribution >= 4 is 29.9 Å². The summed E-state index contributed by atoms with van der Waals surface area (Å²) in [7, 11) is 10.4. The summed E-state index contributed by atoms with van der Waals surface area (Å²) in [6.07, 6.45) is 0. The number of piperazine rings is 1. The molecule has 6 heteroatoms. The van der Waals surface area contributed by atoms with Crippen LogP contribution < -0.4 is 0 Å². The van der Waals surface area contributed by atoms with E-state index in [1.54, 1.807) is 0 Å². The number of nitrogens with zero attached hydrogens (tertiary/aromatic N) is 5. The minimum absolute atomic E-state index is 0. The van der Waals surface area contributed by atoms with Crippen LogP contribution in [0.4, 0.5) is 0 Å². The van der Waals surface area contributed by atoms with Crippen LogP contribution in [0.15, 0.2) is 4.99 Å². The van der Waals surface area contributed by atoms with Gasteiger partial charge in [-0.05, 0) is 13.0 Å². The molecule has 0 radical (unpaired) electrons. The largest absolute Gasteiger partial charge is 0.349 e. The highest BCUT2D eigenvalue weighted by molar-refractivity contribution is 14.0. The number of hydrogen-bond acceptors (Lipinski definition) is 3. The maximum atomic E-state index is 4.85. The van der Waals surface area contributed by atoms with Crippen LogP contribution in [0.2, 0.25) is 0 Å². The van der Waals surface area contributed by atoms with Gasteiger partial charge in [-0.3, -0.25) is 9.89 Å². The fourth-order valence-electron chi connectivity index (χ4n) is 2.76. The summed E-state index contributed by atoms with van der Waals surface area (Å²) in [5.74, 6) is 1.68. The predicted octanol–water partition coefficient (Wildman–Crippen LogP) is 1.36. The Hall–Kier alpha value is -0.0800. The van der Waals surface area contributed by atoms with Crippen LogP contribution in [0.1, 0.15) is 13.8 Å². The molecule has 0 bridgehead atoms. The molecule has 0 amide bonds. The number of aliphatic imine (C=N–C) groups is 1. The molecule has 1 heterocycles. The average molecular weight is 411 g/mol. The molecule has 0 aliphatic carbocycles. The lowest BCUT2D eigenvalue weighted by Gasteiger charge is -2.39. The molecular weight excluding hydrogens is 377 g/mol. The van der Waals surface area contributed by atoms with Crippen molar-refractivity contribution in [1.29, 1.82) is 0 Å². The fourth-order valence-corrected chi connectivity index (χ4v) is 2.76. The maximum Gasteiger partial charge on any atom is 0.195 e. The van der Waals surface area contributed by atoms with E-state index in [0.29, 0.717) is 12.0 Å². The van der Waals surface area contributed by atoms with E-state index in [1.807, 2.05) is 0 Å². The summed E-state index contributed by atoms with van der Waals surface area (Å²) in [5, 5.41) is 0. The first kappa shape index (κ1) is 20.9. The second-order valence-corrected chi connectivity index (χ2v) is 6.58. The monoisotopic (exact) mass is 411 g/mol. The van der Waals surface area contributed by atoms with Gasteiger partial charge in [-0.2, -0.15) is 0 Å². The van der Waals surface area contributed by atoms with E-state index in [1.165, 1.54) is 13.1 Å². The lowest BCUT2D eigenvalue weighted by atomic mass is 10.0. The standard InChI is InChI=1S/C15H33N5.HI/c1-13(2)14(20-10-8-19(7)9-11-20)12-16-15(17(3)4)18(5)6;/h13-14H,8-12H2,1-7H3;1H. The minimum Gasteiger partial charge on any atom is -0.349 e. The van der Waals surface area contributed by atoms with Crippen LogP contribution in [0.3, 0.4) is 0 Å². The number of hydrogen-bond donors (Lipinski definition) is 0. The summed E-state index contributed by atoms with van der Waals surface area (Å²) in [4.78, 5) is 14.0. The van der Waals surface area contributed by atoms with E-state index >= 15 is 0 Å². The van der Waals surface area contributed by atoms with Crippen molar-refractivity contribution in [3.8, 4) is 0 Å². The lowest BCUT2D eigenvalue weighted by Crippen LogP contribution is -2.52. The topological polar surface area (TPSA) is 25.3 Å². The van der Waals surface area contributed by atoms with Crippen molar-refractivity contribution in [3.63, 3.8) is 0 Å². The first-order chi connectivity index (χ1) is 9.32. The van der Waals surface area contributed by atoms with Gasteiger partial charge in [0.05, 0.1) is 6.54 Å². The third kappa shape index (κ3) is 6.69. The number of guanidine groups is 1.